The maximum atomic E-state index is 11.4. The Bertz CT molecular complexity index is 1020. The van der Waals surface area contributed by atoms with Crippen LogP contribution in [0.3, 0.4) is 0 Å². The SMILES string of the molecule is NC(=O)c1ccc(-c2ccncc2/C=C/Nc2ccc(CN3CCOCC3)cc2)s1. The highest BCUT2D eigenvalue weighted by Gasteiger charge is 2.11. The fourth-order valence-electron chi connectivity index (χ4n) is 3.33. The first kappa shape index (κ1) is 20.3. The lowest BCUT2D eigenvalue weighted by atomic mass is 10.1. The van der Waals surface area contributed by atoms with Gasteiger partial charge in [-0.25, -0.2) is 0 Å². The van der Waals surface area contributed by atoms with Gasteiger partial charge in [-0.3, -0.25) is 14.7 Å². The molecule has 154 valence electrons. The van der Waals surface area contributed by atoms with Crippen LogP contribution in [0, 0.1) is 0 Å². The first-order valence-electron chi connectivity index (χ1n) is 9.85. The third kappa shape index (κ3) is 5.13. The van der Waals surface area contributed by atoms with Crippen LogP contribution in [0.15, 0.2) is 61.1 Å². The minimum Gasteiger partial charge on any atom is -0.379 e. The second kappa shape index (κ2) is 9.67. The fraction of sp³-hybridized carbons (Fsp3) is 0.217. The molecule has 0 spiro atoms. The predicted octanol–water partition coefficient (Wildman–Crippen LogP) is 3.82. The third-order valence-corrected chi connectivity index (χ3v) is 6.08. The van der Waals surface area contributed by atoms with Gasteiger partial charge in [-0.05, 0) is 42.0 Å². The number of carbonyl (C=O) groups is 1. The number of benzene rings is 1. The van der Waals surface area contributed by atoms with Gasteiger partial charge in [-0.2, -0.15) is 0 Å². The van der Waals surface area contributed by atoms with E-state index in [0.29, 0.717) is 4.88 Å². The van der Waals surface area contributed by atoms with Crippen molar-refractivity contribution in [3.8, 4) is 10.4 Å². The van der Waals surface area contributed by atoms with Gasteiger partial charge in [0.1, 0.15) is 0 Å². The Labute approximate surface area is 180 Å². The molecule has 1 aliphatic rings. The van der Waals surface area contributed by atoms with Crippen molar-refractivity contribution >= 4 is 29.0 Å². The predicted molar refractivity (Wildman–Crippen MR) is 121 cm³/mol. The first-order valence-corrected chi connectivity index (χ1v) is 10.7. The summed E-state index contributed by atoms with van der Waals surface area (Å²) in [4.78, 5) is 19.5. The van der Waals surface area contributed by atoms with E-state index in [0.717, 1.165) is 54.5 Å². The van der Waals surface area contributed by atoms with E-state index in [2.05, 4.69) is 39.5 Å². The number of amides is 1. The molecule has 7 heteroatoms. The van der Waals surface area contributed by atoms with E-state index in [4.69, 9.17) is 10.5 Å². The van der Waals surface area contributed by atoms with Gasteiger partial charge in [-0.15, -0.1) is 11.3 Å². The zero-order valence-corrected chi connectivity index (χ0v) is 17.4. The molecule has 0 aliphatic carbocycles. The Hall–Kier alpha value is -3.00. The topological polar surface area (TPSA) is 80.5 Å². The van der Waals surface area contributed by atoms with E-state index in [1.807, 2.05) is 30.6 Å². The van der Waals surface area contributed by atoms with Gasteiger partial charge in [0.15, 0.2) is 0 Å². The number of hydrogen-bond acceptors (Lipinski definition) is 6. The summed E-state index contributed by atoms with van der Waals surface area (Å²) in [6.45, 7) is 4.56. The average Bonchev–Trinajstić information content (AvgIpc) is 3.27. The van der Waals surface area contributed by atoms with Crippen molar-refractivity contribution in [2.75, 3.05) is 31.6 Å². The standard InChI is InChI=1S/C23H24N4O2S/c24-23(28)22-6-5-21(30-22)20-8-9-25-15-18(20)7-10-26-19-3-1-17(2-4-19)16-27-11-13-29-14-12-27/h1-10,15,26H,11-14,16H2,(H2,24,28)/b10-7+. The van der Waals surface area contributed by atoms with Gasteiger partial charge in [0, 0.05) is 59.9 Å². The van der Waals surface area contributed by atoms with Crippen LogP contribution < -0.4 is 11.1 Å². The average molecular weight is 421 g/mol. The molecule has 0 atom stereocenters. The number of pyridine rings is 1. The van der Waals surface area contributed by atoms with E-state index in [-0.39, 0.29) is 0 Å². The number of nitrogens with one attached hydrogen (secondary N) is 1. The molecular formula is C23H24N4O2S. The molecule has 0 unspecified atom stereocenters. The number of nitrogens with zero attached hydrogens (tertiary/aromatic N) is 2. The molecule has 2 aromatic heterocycles. The van der Waals surface area contributed by atoms with Crippen LogP contribution in [0.1, 0.15) is 20.8 Å². The lowest BCUT2D eigenvalue weighted by Gasteiger charge is -2.26. The molecule has 0 saturated carbocycles. The van der Waals surface area contributed by atoms with Crippen molar-refractivity contribution in [1.82, 2.24) is 9.88 Å². The smallest absolute Gasteiger partial charge is 0.258 e. The van der Waals surface area contributed by atoms with Crippen LogP contribution in [-0.2, 0) is 11.3 Å². The molecule has 3 heterocycles. The first-order chi connectivity index (χ1) is 14.7. The Morgan fingerprint density at radius 2 is 1.97 bits per heavy atom. The molecule has 0 radical (unpaired) electrons. The maximum Gasteiger partial charge on any atom is 0.258 e. The Balaban J connectivity index is 1.40. The van der Waals surface area contributed by atoms with Gasteiger partial charge in [0.05, 0.1) is 18.1 Å². The molecule has 1 amide bonds. The minimum absolute atomic E-state index is 0.406. The van der Waals surface area contributed by atoms with Crippen molar-refractivity contribution in [1.29, 1.82) is 0 Å². The van der Waals surface area contributed by atoms with Crippen LogP contribution in [-0.4, -0.2) is 42.1 Å². The molecule has 4 rings (SSSR count). The maximum absolute atomic E-state index is 11.4. The Morgan fingerprint density at radius 3 is 2.70 bits per heavy atom. The summed E-state index contributed by atoms with van der Waals surface area (Å²) in [6, 6.07) is 14.1. The van der Waals surface area contributed by atoms with Crippen molar-refractivity contribution < 1.29 is 9.53 Å². The molecule has 1 saturated heterocycles. The summed E-state index contributed by atoms with van der Waals surface area (Å²) in [5.41, 5.74) is 9.68. The summed E-state index contributed by atoms with van der Waals surface area (Å²) in [6.07, 6.45) is 7.44. The Kier molecular flexibility index (Phi) is 6.53. The van der Waals surface area contributed by atoms with Gasteiger partial charge in [0.2, 0.25) is 0 Å². The summed E-state index contributed by atoms with van der Waals surface area (Å²) >= 11 is 1.39. The number of nitrogens with two attached hydrogens (primary N) is 1. The molecular weight excluding hydrogens is 396 g/mol. The van der Waals surface area contributed by atoms with Crippen LogP contribution in [0.5, 0.6) is 0 Å². The highest BCUT2D eigenvalue weighted by molar-refractivity contribution is 7.17. The molecule has 3 N–H and O–H groups in total. The van der Waals surface area contributed by atoms with Crippen LogP contribution >= 0.6 is 11.3 Å². The number of carbonyl (C=O) groups excluding carboxylic acids is 1. The molecule has 1 aromatic carbocycles. The number of thiophene rings is 1. The summed E-state index contributed by atoms with van der Waals surface area (Å²) in [5, 5.41) is 3.31. The Morgan fingerprint density at radius 1 is 1.17 bits per heavy atom. The summed E-state index contributed by atoms with van der Waals surface area (Å²) in [5.74, 6) is -0.406. The van der Waals surface area contributed by atoms with Crippen molar-refractivity contribution in [3.63, 3.8) is 0 Å². The quantitative estimate of drug-likeness (QED) is 0.607. The molecule has 1 fully saturated rings. The molecule has 0 bridgehead atoms. The molecule has 1 aliphatic heterocycles. The van der Waals surface area contributed by atoms with Gasteiger partial charge >= 0.3 is 0 Å². The zero-order chi connectivity index (χ0) is 20.8. The van der Waals surface area contributed by atoms with E-state index >= 15 is 0 Å². The number of hydrogen-bond donors (Lipinski definition) is 2. The molecule has 30 heavy (non-hydrogen) atoms. The number of morpholine rings is 1. The van der Waals surface area contributed by atoms with E-state index in [1.165, 1.54) is 16.9 Å². The van der Waals surface area contributed by atoms with E-state index in [9.17, 15) is 4.79 Å². The van der Waals surface area contributed by atoms with Crippen LogP contribution in [0.2, 0.25) is 0 Å². The van der Waals surface area contributed by atoms with E-state index < -0.39 is 5.91 Å². The number of ether oxygens (including phenoxy) is 1. The fourth-order valence-corrected chi connectivity index (χ4v) is 4.24. The van der Waals surface area contributed by atoms with Gasteiger partial charge in [-0.1, -0.05) is 12.1 Å². The highest BCUT2D eigenvalue weighted by Crippen LogP contribution is 2.30. The number of aromatic nitrogens is 1. The van der Waals surface area contributed by atoms with Crippen LogP contribution in [0.25, 0.3) is 16.5 Å². The highest BCUT2D eigenvalue weighted by atomic mass is 32.1. The lowest BCUT2D eigenvalue weighted by Crippen LogP contribution is -2.35. The molecule has 6 nitrogen and oxygen atoms in total. The molecule has 3 aromatic rings. The third-order valence-electron chi connectivity index (χ3n) is 4.94. The number of rotatable bonds is 7. The van der Waals surface area contributed by atoms with Crippen molar-refractivity contribution in [3.05, 3.63) is 77.1 Å². The number of anilines is 1. The summed E-state index contributed by atoms with van der Waals surface area (Å²) < 4.78 is 5.40. The second-order valence-electron chi connectivity index (χ2n) is 7.05. The van der Waals surface area contributed by atoms with Crippen LogP contribution in [0.4, 0.5) is 5.69 Å². The minimum atomic E-state index is -0.406. The van der Waals surface area contributed by atoms with Crippen molar-refractivity contribution in [2.24, 2.45) is 5.73 Å². The number of primary amides is 1. The van der Waals surface area contributed by atoms with Crippen molar-refractivity contribution in [2.45, 2.75) is 6.54 Å². The monoisotopic (exact) mass is 420 g/mol. The zero-order valence-electron chi connectivity index (χ0n) is 16.6. The van der Waals surface area contributed by atoms with Gasteiger partial charge < -0.3 is 15.8 Å². The second-order valence-corrected chi connectivity index (χ2v) is 8.14. The largest absolute Gasteiger partial charge is 0.379 e. The van der Waals surface area contributed by atoms with Gasteiger partial charge in [0.25, 0.3) is 5.91 Å². The van der Waals surface area contributed by atoms with E-state index in [1.54, 1.807) is 12.3 Å². The lowest BCUT2D eigenvalue weighted by molar-refractivity contribution is 0.0342. The normalized spacial score (nSPS) is 14.8. The summed E-state index contributed by atoms with van der Waals surface area (Å²) in [7, 11) is 0.